The van der Waals surface area contributed by atoms with Crippen molar-refractivity contribution in [2.24, 2.45) is 0 Å². The molecule has 0 saturated heterocycles. The smallest absolute Gasteiger partial charge is 0.325 e. The van der Waals surface area contributed by atoms with Crippen LogP contribution in [-0.4, -0.2) is 27.2 Å². The molecule has 0 aromatic rings. The fraction of sp³-hybridized carbons (Fsp3) is 0.750. The minimum absolute atomic E-state index is 0.717. The summed E-state index contributed by atoms with van der Waals surface area (Å²) in [6, 6.07) is 0. The van der Waals surface area contributed by atoms with E-state index in [0.29, 0.717) is 6.92 Å². The standard InChI is InChI=1S/C4H5F3O5S/c1-3(8)12-13(9,10)11-2-4(5,6)7/h2H2,1H3. The van der Waals surface area contributed by atoms with Crippen LogP contribution in [0.15, 0.2) is 0 Å². The molecule has 78 valence electrons. The molecular formula is C4H5F3O5S. The Hall–Kier alpha value is -0.830. The first-order valence-electron chi connectivity index (χ1n) is 2.78. The predicted octanol–water partition coefficient (Wildman–Crippen LogP) is 0.373. The van der Waals surface area contributed by atoms with Gasteiger partial charge in [-0.2, -0.15) is 21.6 Å². The van der Waals surface area contributed by atoms with Gasteiger partial charge in [-0.1, -0.05) is 0 Å². The van der Waals surface area contributed by atoms with Crippen LogP contribution in [0.1, 0.15) is 6.92 Å². The van der Waals surface area contributed by atoms with Gasteiger partial charge in [-0.25, -0.2) is 4.18 Å². The number of hydrogen-bond donors (Lipinski definition) is 0. The molecule has 0 aliphatic heterocycles. The van der Waals surface area contributed by atoms with Crippen molar-refractivity contribution in [2.75, 3.05) is 6.61 Å². The summed E-state index contributed by atoms with van der Waals surface area (Å²) >= 11 is 0. The van der Waals surface area contributed by atoms with E-state index in [0.717, 1.165) is 0 Å². The van der Waals surface area contributed by atoms with E-state index in [1.54, 1.807) is 0 Å². The van der Waals surface area contributed by atoms with Crippen LogP contribution < -0.4 is 0 Å². The van der Waals surface area contributed by atoms with Gasteiger partial charge in [0.2, 0.25) is 0 Å². The zero-order chi connectivity index (χ0) is 10.7. The van der Waals surface area contributed by atoms with Crippen molar-refractivity contribution in [3.8, 4) is 0 Å². The second-order valence-electron chi connectivity index (χ2n) is 1.86. The number of carbonyl (C=O) groups is 1. The zero-order valence-electron chi connectivity index (χ0n) is 6.29. The van der Waals surface area contributed by atoms with Crippen LogP contribution in [0, 0.1) is 0 Å². The minimum Gasteiger partial charge on any atom is -0.325 e. The highest BCUT2D eigenvalue weighted by Gasteiger charge is 2.32. The largest absolute Gasteiger partial charge is 0.451 e. The summed E-state index contributed by atoms with van der Waals surface area (Å²) in [4.78, 5) is 10.0. The molecule has 0 saturated carbocycles. The number of alkyl halides is 3. The van der Waals surface area contributed by atoms with Crippen molar-refractivity contribution in [1.82, 2.24) is 0 Å². The van der Waals surface area contributed by atoms with E-state index in [-0.39, 0.29) is 0 Å². The third kappa shape index (κ3) is 7.53. The molecule has 0 heterocycles. The maximum atomic E-state index is 11.4. The number of carbonyl (C=O) groups excluding carboxylic acids is 1. The average Bonchev–Trinajstić information content (AvgIpc) is 1.79. The van der Waals surface area contributed by atoms with Gasteiger partial charge < -0.3 is 4.18 Å². The molecule has 9 heteroatoms. The van der Waals surface area contributed by atoms with Gasteiger partial charge in [0.1, 0.15) is 0 Å². The van der Waals surface area contributed by atoms with Gasteiger partial charge >= 0.3 is 22.5 Å². The lowest BCUT2D eigenvalue weighted by Gasteiger charge is -2.06. The Kier molecular flexibility index (Phi) is 3.67. The molecule has 0 N–H and O–H groups in total. The lowest BCUT2D eigenvalue weighted by Crippen LogP contribution is -2.22. The Morgan fingerprint density at radius 1 is 1.38 bits per heavy atom. The minimum atomic E-state index is -4.88. The predicted molar refractivity (Wildman–Crippen MR) is 32.7 cm³/mol. The number of rotatable bonds is 3. The van der Waals surface area contributed by atoms with E-state index in [4.69, 9.17) is 0 Å². The average molecular weight is 222 g/mol. The molecule has 0 aromatic carbocycles. The van der Waals surface area contributed by atoms with Gasteiger partial charge in [-0.3, -0.25) is 4.79 Å². The highest BCUT2D eigenvalue weighted by Crippen LogP contribution is 2.16. The summed E-state index contributed by atoms with van der Waals surface area (Å²) in [6.07, 6.45) is -4.80. The Bertz CT molecular complexity index is 279. The van der Waals surface area contributed by atoms with Crippen LogP contribution >= 0.6 is 0 Å². The molecule has 0 rings (SSSR count). The molecular weight excluding hydrogens is 217 g/mol. The van der Waals surface area contributed by atoms with Crippen LogP contribution in [-0.2, 0) is 23.6 Å². The molecule has 0 unspecified atom stereocenters. The first kappa shape index (κ1) is 12.2. The molecule has 5 nitrogen and oxygen atoms in total. The van der Waals surface area contributed by atoms with Gasteiger partial charge in [0, 0.05) is 6.92 Å². The van der Waals surface area contributed by atoms with E-state index in [1.165, 1.54) is 0 Å². The summed E-state index contributed by atoms with van der Waals surface area (Å²) in [5.41, 5.74) is 0. The molecule has 0 bridgehead atoms. The Morgan fingerprint density at radius 3 is 2.15 bits per heavy atom. The van der Waals surface area contributed by atoms with Gasteiger partial charge in [0.05, 0.1) is 0 Å². The van der Waals surface area contributed by atoms with Crippen molar-refractivity contribution in [3.63, 3.8) is 0 Å². The van der Waals surface area contributed by atoms with Gasteiger partial charge in [-0.05, 0) is 0 Å². The van der Waals surface area contributed by atoms with Crippen LogP contribution in [0.25, 0.3) is 0 Å². The van der Waals surface area contributed by atoms with Gasteiger partial charge in [-0.15, -0.1) is 0 Å². The third-order valence-corrected chi connectivity index (χ3v) is 1.43. The Morgan fingerprint density at radius 2 is 1.85 bits per heavy atom. The van der Waals surface area contributed by atoms with Gasteiger partial charge in [0.15, 0.2) is 6.61 Å². The first-order valence-corrected chi connectivity index (χ1v) is 4.12. The number of hydrogen-bond acceptors (Lipinski definition) is 5. The van der Waals surface area contributed by atoms with Crippen LogP contribution in [0.5, 0.6) is 0 Å². The Balaban J connectivity index is 4.13. The molecule has 0 amide bonds. The molecule has 0 spiro atoms. The van der Waals surface area contributed by atoms with Crippen molar-refractivity contribution in [1.29, 1.82) is 0 Å². The third-order valence-electron chi connectivity index (χ3n) is 0.586. The van der Waals surface area contributed by atoms with E-state index in [9.17, 15) is 26.4 Å². The van der Waals surface area contributed by atoms with Crippen LogP contribution in [0.2, 0.25) is 0 Å². The highest BCUT2D eigenvalue weighted by atomic mass is 32.3. The molecule has 13 heavy (non-hydrogen) atoms. The SMILES string of the molecule is CC(=O)OS(=O)(=O)OCC(F)(F)F. The summed E-state index contributed by atoms with van der Waals surface area (Å²) < 4.78 is 61.6. The normalized spacial score (nSPS) is 12.6. The summed E-state index contributed by atoms with van der Waals surface area (Å²) in [6.45, 7) is -1.31. The molecule has 0 atom stereocenters. The van der Waals surface area contributed by atoms with Crippen molar-refractivity contribution in [2.45, 2.75) is 13.1 Å². The molecule has 0 aliphatic rings. The van der Waals surface area contributed by atoms with Crippen LogP contribution in [0.3, 0.4) is 0 Å². The second kappa shape index (κ2) is 3.92. The zero-order valence-corrected chi connectivity index (χ0v) is 7.11. The van der Waals surface area contributed by atoms with E-state index in [2.05, 4.69) is 8.37 Å². The molecule has 0 fully saturated rings. The van der Waals surface area contributed by atoms with E-state index in [1.807, 2.05) is 0 Å². The quantitative estimate of drug-likeness (QED) is 0.690. The maximum Gasteiger partial charge on any atom is 0.451 e. The fourth-order valence-corrected chi connectivity index (χ4v) is 0.920. The fourth-order valence-electron chi connectivity index (χ4n) is 0.307. The first-order chi connectivity index (χ1) is 5.62. The van der Waals surface area contributed by atoms with Crippen molar-refractivity contribution >= 4 is 16.4 Å². The molecule has 0 radical (unpaired) electrons. The monoisotopic (exact) mass is 222 g/mol. The molecule has 0 aliphatic carbocycles. The topological polar surface area (TPSA) is 69.7 Å². The van der Waals surface area contributed by atoms with Crippen molar-refractivity contribution < 1.29 is 34.7 Å². The van der Waals surface area contributed by atoms with E-state index >= 15 is 0 Å². The summed E-state index contributed by atoms with van der Waals surface area (Å²) in [7, 11) is -4.88. The summed E-state index contributed by atoms with van der Waals surface area (Å²) in [5, 5.41) is 0. The van der Waals surface area contributed by atoms with Crippen LogP contribution in [0.4, 0.5) is 13.2 Å². The number of halogens is 3. The molecule has 0 aromatic heterocycles. The highest BCUT2D eigenvalue weighted by molar-refractivity contribution is 7.82. The summed E-state index contributed by atoms with van der Waals surface area (Å²) in [5.74, 6) is -1.28. The lowest BCUT2D eigenvalue weighted by atomic mass is 10.7. The second-order valence-corrected chi connectivity index (χ2v) is 3.08. The maximum absolute atomic E-state index is 11.4. The van der Waals surface area contributed by atoms with E-state index < -0.39 is 29.2 Å². The van der Waals surface area contributed by atoms with Gasteiger partial charge in [0.25, 0.3) is 0 Å². The lowest BCUT2D eigenvalue weighted by molar-refractivity contribution is -0.156. The Labute approximate surface area is 71.8 Å². The van der Waals surface area contributed by atoms with Crippen molar-refractivity contribution in [3.05, 3.63) is 0 Å².